The molecule has 3 rings (SSSR count). The maximum absolute atomic E-state index is 10.7. The predicted octanol–water partition coefficient (Wildman–Crippen LogP) is 1.50. The van der Waals surface area contributed by atoms with Crippen molar-refractivity contribution in [2.24, 2.45) is 0 Å². The zero-order chi connectivity index (χ0) is 12.5. The first-order valence-corrected chi connectivity index (χ1v) is 5.97. The third kappa shape index (κ3) is 1.90. The number of carboxylic acid groups (broad SMARTS) is 1. The average molecular weight is 247 g/mol. The highest BCUT2D eigenvalue weighted by atomic mass is 16.4. The van der Waals surface area contributed by atoms with Crippen molar-refractivity contribution in [2.45, 2.75) is 32.2 Å². The van der Waals surface area contributed by atoms with Crippen LogP contribution in [0.1, 0.15) is 40.5 Å². The van der Waals surface area contributed by atoms with Gasteiger partial charge in [0.1, 0.15) is 12.3 Å². The van der Waals surface area contributed by atoms with Gasteiger partial charge in [-0.25, -0.2) is 9.48 Å². The molecule has 1 aliphatic rings. The van der Waals surface area contributed by atoms with E-state index < -0.39 is 5.97 Å². The number of rotatable bonds is 3. The summed E-state index contributed by atoms with van der Waals surface area (Å²) in [4.78, 5) is 10.7. The Morgan fingerprint density at radius 2 is 2.22 bits per heavy atom. The van der Waals surface area contributed by atoms with Crippen LogP contribution < -0.4 is 0 Å². The lowest BCUT2D eigenvalue weighted by molar-refractivity contribution is 0.0660. The first-order chi connectivity index (χ1) is 8.74. The molecule has 0 bridgehead atoms. The minimum Gasteiger partial charge on any atom is -0.475 e. The van der Waals surface area contributed by atoms with Crippen LogP contribution >= 0.6 is 0 Å². The smallest absolute Gasteiger partial charge is 0.371 e. The molecule has 0 aliphatic heterocycles. The van der Waals surface area contributed by atoms with E-state index in [0.717, 1.165) is 37.1 Å². The van der Waals surface area contributed by atoms with Crippen molar-refractivity contribution in [1.82, 2.24) is 15.0 Å². The number of fused-ring (bicyclic) bond motifs is 1. The molecule has 0 aromatic carbocycles. The second-order valence-corrected chi connectivity index (χ2v) is 4.42. The molecule has 2 heterocycles. The van der Waals surface area contributed by atoms with Gasteiger partial charge in [-0.2, -0.15) is 0 Å². The highest BCUT2D eigenvalue weighted by molar-refractivity contribution is 5.84. The summed E-state index contributed by atoms with van der Waals surface area (Å²) in [5.41, 5.74) is 2.21. The van der Waals surface area contributed by atoms with Gasteiger partial charge in [0.25, 0.3) is 0 Å². The van der Waals surface area contributed by atoms with Gasteiger partial charge in [-0.1, -0.05) is 5.21 Å². The van der Waals surface area contributed by atoms with E-state index in [0.29, 0.717) is 12.3 Å². The molecule has 0 spiro atoms. The van der Waals surface area contributed by atoms with Crippen molar-refractivity contribution < 1.29 is 14.3 Å². The number of carbonyl (C=O) groups is 1. The molecular formula is C12H13N3O3. The van der Waals surface area contributed by atoms with Crippen LogP contribution in [0, 0.1) is 0 Å². The van der Waals surface area contributed by atoms with Crippen molar-refractivity contribution in [1.29, 1.82) is 0 Å². The van der Waals surface area contributed by atoms with Gasteiger partial charge in [-0.15, -0.1) is 5.10 Å². The van der Waals surface area contributed by atoms with Crippen molar-refractivity contribution >= 4 is 5.97 Å². The lowest BCUT2D eigenvalue weighted by atomic mass is 10.0. The van der Waals surface area contributed by atoms with Crippen molar-refractivity contribution in [3.05, 3.63) is 35.0 Å². The molecule has 0 fully saturated rings. The van der Waals surface area contributed by atoms with Gasteiger partial charge < -0.3 is 9.52 Å². The fourth-order valence-corrected chi connectivity index (χ4v) is 2.27. The monoisotopic (exact) mass is 247 g/mol. The largest absolute Gasteiger partial charge is 0.475 e. The fourth-order valence-electron chi connectivity index (χ4n) is 2.27. The Bertz CT molecular complexity index is 585. The van der Waals surface area contributed by atoms with E-state index in [4.69, 9.17) is 9.52 Å². The van der Waals surface area contributed by atoms with Crippen molar-refractivity contribution in [3.8, 4) is 0 Å². The SMILES string of the molecule is O=C(O)c1ccc(Cn2nnc3c2CCCC3)o1. The number of hydrogen-bond donors (Lipinski definition) is 1. The third-order valence-corrected chi connectivity index (χ3v) is 3.17. The Labute approximate surface area is 103 Å². The van der Waals surface area contributed by atoms with Crippen LogP contribution in [0.5, 0.6) is 0 Å². The molecule has 2 aromatic heterocycles. The summed E-state index contributed by atoms with van der Waals surface area (Å²) < 4.78 is 7.03. The molecule has 0 atom stereocenters. The van der Waals surface area contributed by atoms with Crippen LogP contribution in [0.4, 0.5) is 0 Å². The minimum absolute atomic E-state index is 0.0426. The second-order valence-electron chi connectivity index (χ2n) is 4.42. The number of aromatic nitrogens is 3. The lowest BCUT2D eigenvalue weighted by Crippen LogP contribution is -2.10. The van der Waals surface area contributed by atoms with E-state index in [1.807, 2.05) is 0 Å². The van der Waals surface area contributed by atoms with E-state index in [1.165, 1.54) is 6.07 Å². The number of hydrogen-bond acceptors (Lipinski definition) is 4. The first kappa shape index (κ1) is 11.0. The quantitative estimate of drug-likeness (QED) is 0.888. The van der Waals surface area contributed by atoms with Gasteiger partial charge in [0.15, 0.2) is 0 Å². The number of furan rings is 1. The molecule has 2 aromatic rings. The van der Waals surface area contributed by atoms with Crippen LogP contribution in [0.2, 0.25) is 0 Å². The van der Waals surface area contributed by atoms with Crippen molar-refractivity contribution in [2.75, 3.05) is 0 Å². The maximum atomic E-state index is 10.7. The zero-order valence-electron chi connectivity index (χ0n) is 9.80. The van der Waals surface area contributed by atoms with Crippen LogP contribution in [-0.2, 0) is 19.4 Å². The number of aromatic carboxylic acids is 1. The summed E-state index contributed by atoms with van der Waals surface area (Å²) in [7, 11) is 0. The van der Waals surface area contributed by atoms with Gasteiger partial charge in [0, 0.05) is 0 Å². The van der Waals surface area contributed by atoms with Gasteiger partial charge >= 0.3 is 5.97 Å². The van der Waals surface area contributed by atoms with Crippen LogP contribution in [0.3, 0.4) is 0 Å². The summed E-state index contributed by atoms with van der Waals surface area (Å²) in [5, 5.41) is 17.0. The predicted molar refractivity (Wildman–Crippen MR) is 61.4 cm³/mol. The standard InChI is InChI=1S/C12H13N3O3/c16-12(17)11-6-5-8(18-11)7-15-10-4-2-1-3-9(10)13-14-15/h5-6H,1-4,7H2,(H,16,17). The normalized spacial score (nSPS) is 14.4. The molecule has 94 valence electrons. The molecule has 1 aliphatic carbocycles. The highest BCUT2D eigenvalue weighted by Crippen LogP contribution is 2.19. The van der Waals surface area contributed by atoms with Crippen LogP contribution in [0.25, 0.3) is 0 Å². The molecule has 0 unspecified atom stereocenters. The summed E-state index contributed by atoms with van der Waals surface area (Å²) in [6.07, 6.45) is 4.28. The van der Waals surface area contributed by atoms with E-state index in [2.05, 4.69) is 10.3 Å². The molecule has 0 radical (unpaired) electrons. The van der Waals surface area contributed by atoms with E-state index in [-0.39, 0.29) is 5.76 Å². The Balaban J connectivity index is 1.83. The number of aryl methyl sites for hydroxylation is 1. The van der Waals surface area contributed by atoms with Crippen molar-refractivity contribution in [3.63, 3.8) is 0 Å². The van der Waals surface area contributed by atoms with E-state index in [1.54, 1.807) is 10.7 Å². The lowest BCUT2D eigenvalue weighted by Gasteiger charge is -2.11. The Hall–Kier alpha value is -2.11. The van der Waals surface area contributed by atoms with Crippen LogP contribution in [-0.4, -0.2) is 26.1 Å². The Kier molecular flexibility index (Phi) is 2.62. The summed E-state index contributed by atoms with van der Waals surface area (Å²) in [6.45, 7) is 0.440. The molecule has 18 heavy (non-hydrogen) atoms. The van der Waals surface area contributed by atoms with E-state index >= 15 is 0 Å². The first-order valence-electron chi connectivity index (χ1n) is 5.97. The molecule has 0 saturated carbocycles. The maximum Gasteiger partial charge on any atom is 0.371 e. The summed E-state index contributed by atoms with van der Waals surface area (Å²) in [6, 6.07) is 3.13. The van der Waals surface area contributed by atoms with Gasteiger partial charge in [-0.3, -0.25) is 0 Å². The molecule has 6 nitrogen and oxygen atoms in total. The average Bonchev–Trinajstić information content (AvgIpc) is 2.98. The van der Waals surface area contributed by atoms with Gasteiger partial charge in [-0.05, 0) is 37.8 Å². The second kappa shape index (κ2) is 4.29. The zero-order valence-corrected chi connectivity index (χ0v) is 9.80. The molecule has 0 amide bonds. The number of nitrogens with zero attached hydrogens (tertiary/aromatic N) is 3. The minimum atomic E-state index is -1.05. The van der Waals surface area contributed by atoms with Crippen LogP contribution in [0.15, 0.2) is 16.5 Å². The molecule has 6 heteroatoms. The molecule has 1 N–H and O–H groups in total. The Morgan fingerprint density at radius 3 is 3.00 bits per heavy atom. The Morgan fingerprint density at radius 1 is 1.39 bits per heavy atom. The van der Waals surface area contributed by atoms with Gasteiger partial charge in [0.2, 0.25) is 5.76 Å². The summed E-state index contributed by atoms with van der Waals surface area (Å²) in [5.74, 6) is -0.508. The fraction of sp³-hybridized carbons (Fsp3) is 0.417. The van der Waals surface area contributed by atoms with E-state index in [9.17, 15) is 4.79 Å². The topological polar surface area (TPSA) is 81.1 Å². The third-order valence-electron chi connectivity index (χ3n) is 3.17. The molecular weight excluding hydrogens is 234 g/mol. The number of carboxylic acids is 1. The van der Waals surface area contributed by atoms with Gasteiger partial charge in [0.05, 0.1) is 11.4 Å². The molecule has 0 saturated heterocycles. The summed E-state index contributed by atoms with van der Waals surface area (Å²) >= 11 is 0. The highest BCUT2D eigenvalue weighted by Gasteiger charge is 2.18.